The number of anilines is 1. The molecular formula is C25H18FN5O2. The molecule has 0 spiro atoms. The Labute approximate surface area is 187 Å². The van der Waals surface area contributed by atoms with Gasteiger partial charge in [-0.15, -0.1) is 0 Å². The molecule has 0 saturated carbocycles. The highest BCUT2D eigenvalue weighted by Gasteiger charge is 2.17. The lowest BCUT2D eigenvalue weighted by atomic mass is 10.1. The van der Waals surface area contributed by atoms with Crippen LogP contribution in [0.2, 0.25) is 0 Å². The van der Waals surface area contributed by atoms with Crippen LogP contribution >= 0.6 is 0 Å². The summed E-state index contributed by atoms with van der Waals surface area (Å²) in [6.07, 6.45) is 4.72. The highest BCUT2D eigenvalue weighted by molar-refractivity contribution is 5.91. The van der Waals surface area contributed by atoms with E-state index in [-0.39, 0.29) is 12.1 Å². The zero-order chi connectivity index (χ0) is 22.8. The first-order chi connectivity index (χ1) is 16.1. The van der Waals surface area contributed by atoms with Gasteiger partial charge in [-0.1, -0.05) is 30.3 Å². The Morgan fingerprint density at radius 2 is 1.70 bits per heavy atom. The highest BCUT2D eigenvalue weighted by Crippen LogP contribution is 2.28. The van der Waals surface area contributed by atoms with Gasteiger partial charge in [-0.05, 0) is 48.0 Å². The summed E-state index contributed by atoms with van der Waals surface area (Å²) in [4.78, 5) is 34.3. The molecule has 3 aromatic heterocycles. The Morgan fingerprint density at radius 1 is 0.970 bits per heavy atom. The second-order valence-electron chi connectivity index (χ2n) is 7.41. The predicted molar refractivity (Wildman–Crippen MR) is 124 cm³/mol. The van der Waals surface area contributed by atoms with Gasteiger partial charge < -0.3 is 5.32 Å². The molecule has 1 N–H and O–H groups in total. The molecule has 0 radical (unpaired) electrons. The fourth-order valence-corrected chi connectivity index (χ4v) is 3.69. The fourth-order valence-electron chi connectivity index (χ4n) is 3.69. The SMILES string of the molecule is O=C(Cn1cnc2c(cc(-c3ccccc3)n2-c2ccncc2)c1=O)Nc1ccc(F)cc1. The zero-order valence-electron chi connectivity index (χ0n) is 17.4. The summed E-state index contributed by atoms with van der Waals surface area (Å²) >= 11 is 0. The van der Waals surface area contributed by atoms with Gasteiger partial charge in [0.15, 0.2) is 5.65 Å². The number of hydrogen-bond acceptors (Lipinski definition) is 4. The molecule has 8 heteroatoms. The maximum atomic E-state index is 13.3. The van der Waals surface area contributed by atoms with E-state index in [1.54, 1.807) is 18.5 Å². The van der Waals surface area contributed by atoms with Crippen molar-refractivity contribution in [1.82, 2.24) is 19.1 Å². The van der Waals surface area contributed by atoms with Crippen LogP contribution in [0.15, 0.2) is 96.3 Å². The summed E-state index contributed by atoms with van der Waals surface area (Å²) < 4.78 is 16.2. The number of rotatable bonds is 5. The van der Waals surface area contributed by atoms with Crippen LogP contribution in [0.1, 0.15) is 0 Å². The van der Waals surface area contributed by atoms with E-state index in [0.717, 1.165) is 16.9 Å². The van der Waals surface area contributed by atoms with Crippen molar-refractivity contribution < 1.29 is 9.18 Å². The second-order valence-corrected chi connectivity index (χ2v) is 7.41. The maximum absolute atomic E-state index is 13.3. The van der Waals surface area contributed by atoms with Gasteiger partial charge >= 0.3 is 0 Å². The predicted octanol–water partition coefficient (Wildman–Crippen LogP) is 4.03. The van der Waals surface area contributed by atoms with Crippen LogP contribution in [0.4, 0.5) is 10.1 Å². The lowest BCUT2D eigenvalue weighted by molar-refractivity contribution is -0.116. The van der Waals surface area contributed by atoms with Crippen molar-refractivity contribution in [3.05, 3.63) is 108 Å². The number of carbonyl (C=O) groups is 1. The number of pyridine rings is 1. The molecule has 33 heavy (non-hydrogen) atoms. The quantitative estimate of drug-likeness (QED) is 0.448. The van der Waals surface area contributed by atoms with Gasteiger partial charge in [0.25, 0.3) is 5.56 Å². The second kappa shape index (κ2) is 8.51. The molecule has 7 nitrogen and oxygen atoms in total. The lowest BCUT2D eigenvalue weighted by Gasteiger charge is -2.11. The maximum Gasteiger partial charge on any atom is 0.263 e. The van der Waals surface area contributed by atoms with Crippen molar-refractivity contribution >= 4 is 22.6 Å². The first-order valence-electron chi connectivity index (χ1n) is 10.2. The summed E-state index contributed by atoms with van der Waals surface area (Å²) in [6.45, 7) is -0.222. The van der Waals surface area contributed by atoms with Gasteiger partial charge in [0, 0.05) is 18.1 Å². The van der Waals surface area contributed by atoms with E-state index in [1.807, 2.05) is 47.0 Å². The molecule has 2 aromatic carbocycles. The summed E-state index contributed by atoms with van der Waals surface area (Å²) in [5, 5.41) is 3.05. The smallest absolute Gasteiger partial charge is 0.263 e. The number of fused-ring (bicyclic) bond motifs is 1. The molecule has 0 aliphatic carbocycles. The van der Waals surface area contributed by atoms with Crippen molar-refractivity contribution in [2.75, 3.05) is 5.32 Å². The molecule has 5 aromatic rings. The highest BCUT2D eigenvalue weighted by atomic mass is 19.1. The number of nitrogens with one attached hydrogen (secondary N) is 1. The first-order valence-corrected chi connectivity index (χ1v) is 10.2. The summed E-state index contributed by atoms with van der Waals surface area (Å²) in [5.74, 6) is -0.812. The van der Waals surface area contributed by atoms with Gasteiger partial charge in [-0.3, -0.25) is 23.7 Å². The molecule has 0 atom stereocenters. The van der Waals surface area contributed by atoms with Gasteiger partial charge in [0.2, 0.25) is 5.91 Å². The summed E-state index contributed by atoms with van der Waals surface area (Å²) in [7, 11) is 0. The van der Waals surface area contributed by atoms with Crippen LogP contribution in [0.5, 0.6) is 0 Å². The van der Waals surface area contributed by atoms with Gasteiger partial charge in [0.05, 0.1) is 16.8 Å². The van der Waals surface area contributed by atoms with Gasteiger partial charge in [0.1, 0.15) is 18.7 Å². The Hall–Kier alpha value is -4.59. The number of halogens is 1. The molecule has 0 bridgehead atoms. The molecule has 5 rings (SSSR count). The normalized spacial score (nSPS) is 10.9. The lowest BCUT2D eigenvalue weighted by Crippen LogP contribution is -2.27. The van der Waals surface area contributed by atoms with Crippen molar-refractivity contribution in [1.29, 1.82) is 0 Å². The van der Waals surface area contributed by atoms with E-state index in [0.29, 0.717) is 16.7 Å². The topological polar surface area (TPSA) is 81.8 Å². The van der Waals surface area contributed by atoms with E-state index in [4.69, 9.17) is 0 Å². The third-order valence-corrected chi connectivity index (χ3v) is 5.22. The minimum Gasteiger partial charge on any atom is -0.325 e. The summed E-state index contributed by atoms with van der Waals surface area (Å²) in [6, 6.07) is 20.6. The standard InChI is InChI=1S/C25H18FN5O2/c26-18-6-8-19(9-7-18)29-23(32)15-30-16-28-24-21(25(30)33)14-22(17-4-2-1-3-5-17)31(24)20-10-12-27-13-11-20/h1-14,16H,15H2,(H,29,32). The van der Waals surface area contributed by atoms with E-state index >= 15 is 0 Å². The molecule has 1 amide bonds. The van der Waals surface area contributed by atoms with Crippen molar-refractivity contribution in [2.45, 2.75) is 6.54 Å². The Kier molecular flexibility index (Phi) is 5.24. The van der Waals surface area contributed by atoms with E-state index < -0.39 is 11.7 Å². The largest absolute Gasteiger partial charge is 0.325 e. The van der Waals surface area contributed by atoms with Crippen molar-refractivity contribution in [3.63, 3.8) is 0 Å². The van der Waals surface area contributed by atoms with Crippen LogP contribution in [-0.2, 0) is 11.3 Å². The van der Waals surface area contributed by atoms with Crippen LogP contribution in [0, 0.1) is 5.82 Å². The summed E-state index contributed by atoms with van der Waals surface area (Å²) in [5.41, 5.74) is 3.14. The van der Waals surface area contributed by atoms with Crippen LogP contribution < -0.4 is 10.9 Å². The molecule has 0 saturated heterocycles. The van der Waals surface area contributed by atoms with E-state index in [9.17, 15) is 14.0 Å². The van der Waals surface area contributed by atoms with Crippen molar-refractivity contribution in [2.24, 2.45) is 0 Å². The molecule has 3 heterocycles. The number of hydrogen-bond donors (Lipinski definition) is 1. The van der Waals surface area contributed by atoms with Gasteiger partial charge in [-0.25, -0.2) is 9.37 Å². The van der Waals surface area contributed by atoms with Crippen LogP contribution in [0.3, 0.4) is 0 Å². The number of carbonyl (C=O) groups excluding carboxylic acids is 1. The Morgan fingerprint density at radius 3 is 2.42 bits per heavy atom. The number of amides is 1. The fraction of sp³-hybridized carbons (Fsp3) is 0.0400. The molecule has 0 aliphatic heterocycles. The number of nitrogens with zero attached hydrogens (tertiary/aromatic N) is 4. The molecule has 0 fully saturated rings. The molecule has 162 valence electrons. The Bertz CT molecular complexity index is 1490. The number of benzene rings is 2. The average Bonchev–Trinajstić information content (AvgIpc) is 3.24. The molecule has 0 aliphatic rings. The monoisotopic (exact) mass is 439 g/mol. The molecular weight excluding hydrogens is 421 g/mol. The zero-order valence-corrected chi connectivity index (χ0v) is 17.4. The van der Waals surface area contributed by atoms with E-state index in [1.165, 1.54) is 35.2 Å². The third-order valence-electron chi connectivity index (χ3n) is 5.22. The molecule has 0 unspecified atom stereocenters. The average molecular weight is 439 g/mol. The number of aromatic nitrogens is 4. The minimum atomic E-state index is -0.415. The van der Waals surface area contributed by atoms with Crippen LogP contribution in [-0.4, -0.2) is 25.0 Å². The minimum absolute atomic E-state index is 0.222. The van der Waals surface area contributed by atoms with Crippen LogP contribution in [0.25, 0.3) is 28.0 Å². The first kappa shape index (κ1) is 20.3. The van der Waals surface area contributed by atoms with Gasteiger partial charge in [-0.2, -0.15) is 0 Å². The van der Waals surface area contributed by atoms with Crippen molar-refractivity contribution in [3.8, 4) is 16.9 Å². The Balaban J connectivity index is 1.56. The third kappa shape index (κ3) is 4.01. The van der Waals surface area contributed by atoms with E-state index in [2.05, 4.69) is 15.3 Å².